The van der Waals surface area contributed by atoms with E-state index < -0.39 is 0 Å². The molecule has 0 aliphatic heterocycles. The Morgan fingerprint density at radius 2 is 2.18 bits per heavy atom. The fourth-order valence-electron chi connectivity index (χ4n) is 0.587. The molecule has 62 valence electrons. The Kier molecular flexibility index (Phi) is 5.07. The molecule has 0 aliphatic rings. The third-order valence-corrected chi connectivity index (χ3v) is 0.988. The van der Waals surface area contributed by atoms with E-state index in [2.05, 4.69) is 22.0 Å². The first-order valence-electron chi connectivity index (χ1n) is 3.56. The molecule has 0 rings (SSSR count). The topological polar surface area (TPSA) is 36.8 Å². The molecule has 0 spiro atoms. The third-order valence-electron chi connectivity index (χ3n) is 0.988. The van der Waals surface area contributed by atoms with Crippen LogP contribution < -0.4 is 5.32 Å². The minimum absolute atomic E-state index is 0.372. The Morgan fingerprint density at radius 3 is 2.55 bits per heavy atom. The first-order valence-corrected chi connectivity index (χ1v) is 3.56. The van der Waals surface area contributed by atoms with E-state index in [0.29, 0.717) is 6.04 Å². The second-order valence-corrected chi connectivity index (χ2v) is 2.42. The van der Waals surface area contributed by atoms with Gasteiger partial charge in [0, 0.05) is 19.3 Å². The summed E-state index contributed by atoms with van der Waals surface area (Å²) in [7, 11) is 1.71. The molecule has 0 bridgehead atoms. The summed E-state index contributed by atoms with van der Waals surface area (Å²) >= 11 is 0. The lowest BCUT2D eigenvalue weighted by Gasteiger charge is -2.07. The minimum Gasteiger partial charge on any atom is -0.368 e. The third kappa shape index (κ3) is 5.33. The molecule has 3 heteroatoms. The molecule has 0 saturated heterocycles. The van der Waals surface area contributed by atoms with Crippen molar-refractivity contribution >= 4 is 12.9 Å². The van der Waals surface area contributed by atoms with Crippen LogP contribution in [0.15, 0.2) is 21.9 Å². The van der Waals surface area contributed by atoms with Crippen LogP contribution in [-0.4, -0.2) is 26.0 Å². The number of nitrogens with one attached hydrogen (secondary N) is 1. The van der Waals surface area contributed by atoms with Gasteiger partial charge in [0.05, 0.1) is 0 Å². The SMILES string of the molecule is C=N/C(=C\C=N/C)NC(C)C. The van der Waals surface area contributed by atoms with Gasteiger partial charge in [-0.1, -0.05) is 0 Å². The largest absolute Gasteiger partial charge is 0.368 e. The van der Waals surface area contributed by atoms with Crippen molar-refractivity contribution in [2.24, 2.45) is 9.98 Å². The van der Waals surface area contributed by atoms with Crippen molar-refractivity contribution < 1.29 is 0 Å². The molecule has 0 unspecified atom stereocenters. The smallest absolute Gasteiger partial charge is 0.126 e. The van der Waals surface area contributed by atoms with Gasteiger partial charge >= 0.3 is 0 Å². The van der Waals surface area contributed by atoms with Crippen LogP contribution in [0.1, 0.15) is 13.8 Å². The lowest BCUT2D eigenvalue weighted by Crippen LogP contribution is -2.20. The van der Waals surface area contributed by atoms with Gasteiger partial charge in [0.1, 0.15) is 5.82 Å². The van der Waals surface area contributed by atoms with Crippen LogP contribution in [0.25, 0.3) is 0 Å². The predicted molar refractivity (Wildman–Crippen MR) is 50.3 cm³/mol. The highest BCUT2D eigenvalue weighted by Gasteiger charge is 1.92. The average molecular weight is 153 g/mol. The molecule has 0 amide bonds. The van der Waals surface area contributed by atoms with E-state index in [9.17, 15) is 0 Å². The summed E-state index contributed by atoms with van der Waals surface area (Å²) < 4.78 is 0. The van der Waals surface area contributed by atoms with E-state index in [4.69, 9.17) is 0 Å². The van der Waals surface area contributed by atoms with Crippen LogP contribution in [-0.2, 0) is 0 Å². The zero-order valence-electron chi connectivity index (χ0n) is 7.33. The Bertz CT molecular complexity index is 168. The number of hydrogen-bond donors (Lipinski definition) is 1. The Labute approximate surface area is 67.9 Å². The Morgan fingerprint density at radius 1 is 1.55 bits per heavy atom. The van der Waals surface area contributed by atoms with Crippen molar-refractivity contribution in [3.8, 4) is 0 Å². The number of aliphatic imine (C=N–C) groups is 2. The van der Waals surface area contributed by atoms with Crippen LogP contribution in [0.3, 0.4) is 0 Å². The van der Waals surface area contributed by atoms with Gasteiger partial charge in [0.2, 0.25) is 0 Å². The highest BCUT2D eigenvalue weighted by atomic mass is 15.0. The van der Waals surface area contributed by atoms with Crippen molar-refractivity contribution in [3.63, 3.8) is 0 Å². The fraction of sp³-hybridized carbons (Fsp3) is 0.500. The summed E-state index contributed by atoms with van der Waals surface area (Å²) in [5, 5.41) is 3.10. The van der Waals surface area contributed by atoms with E-state index in [1.54, 1.807) is 19.3 Å². The second kappa shape index (κ2) is 5.65. The average Bonchev–Trinajstić information content (AvgIpc) is 1.97. The van der Waals surface area contributed by atoms with Gasteiger partial charge < -0.3 is 5.32 Å². The van der Waals surface area contributed by atoms with Crippen LogP contribution in [0.5, 0.6) is 0 Å². The Balaban J connectivity index is 4.04. The molecule has 0 saturated carbocycles. The zero-order valence-corrected chi connectivity index (χ0v) is 7.33. The van der Waals surface area contributed by atoms with Gasteiger partial charge in [-0.15, -0.1) is 0 Å². The van der Waals surface area contributed by atoms with Gasteiger partial charge in [-0.25, -0.2) is 4.99 Å². The number of rotatable bonds is 4. The van der Waals surface area contributed by atoms with Crippen molar-refractivity contribution in [2.75, 3.05) is 7.05 Å². The summed E-state index contributed by atoms with van der Waals surface area (Å²) in [6.07, 6.45) is 3.46. The maximum absolute atomic E-state index is 3.80. The Hall–Kier alpha value is -1.12. The maximum Gasteiger partial charge on any atom is 0.126 e. The number of nitrogens with zero attached hydrogens (tertiary/aromatic N) is 2. The highest BCUT2D eigenvalue weighted by molar-refractivity contribution is 5.71. The molecule has 0 aromatic rings. The molecule has 0 aromatic heterocycles. The van der Waals surface area contributed by atoms with Gasteiger partial charge in [-0.3, -0.25) is 4.99 Å². The van der Waals surface area contributed by atoms with E-state index in [0.717, 1.165) is 5.82 Å². The summed E-state index contributed by atoms with van der Waals surface area (Å²) in [6.45, 7) is 7.51. The molecular weight excluding hydrogens is 138 g/mol. The first kappa shape index (κ1) is 9.88. The van der Waals surface area contributed by atoms with Crippen LogP contribution >= 0.6 is 0 Å². The predicted octanol–water partition coefficient (Wildman–Crippen LogP) is 1.23. The standard InChI is InChI=1S/C8H15N3/c1-7(2)11-8(10-4)5-6-9-3/h5-7,11H,4H2,1-3H3/b8-5+,9-6-. The zero-order chi connectivity index (χ0) is 8.69. The quantitative estimate of drug-likeness (QED) is 0.606. The van der Waals surface area contributed by atoms with Crippen LogP contribution in [0.4, 0.5) is 0 Å². The van der Waals surface area contributed by atoms with Crippen molar-refractivity contribution in [3.05, 3.63) is 11.9 Å². The van der Waals surface area contributed by atoms with Crippen molar-refractivity contribution in [1.82, 2.24) is 5.32 Å². The minimum atomic E-state index is 0.372. The van der Waals surface area contributed by atoms with E-state index in [1.165, 1.54) is 0 Å². The summed E-state index contributed by atoms with van der Waals surface area (Å²) in [5.74, 6) is 0.755. The summed E-state index contributed by atoms with van der Waals surface area (Å²) in [4.78, 5) is 7.58. The van der Waals surface area contributed by atoms with Crippen LogP contribution in [0.2, 0.25) is 0 Å². The van der Waals surface area contributed by atoms with Gasteiger partial charge in [-0.2, -0.15) is 0 Å². The molecule has 0 aromatic carbocycles. The van der Waals surface area contributed by atoms with Crippen molar-refractivity contribution in [2.45, 2.75) is 19.9 Å². The molecule has 0 heterocycles. The molecule has 0 fully saturated rings. The maximum atomic E-state index is 3.80. The van der Waals surface area contributed by atoms with Crippen LogP contribution in [0, 0.1) is 0 Å². The molecule has 0 atom stereocenters. The lowest BCUT2D eigenvalue weighted by atomic mass is 10.4. The monoisotopic (exact) mass is 153 g/mol. The molecule has 0 radical (unpaired) electrons. The molecule has 3 nitrogen and oxygen atoms in total. The summed E-state index contributed by atoms with van der Waals surface area (Å²) in [6, 6.07) is 0.372. The number of allylic oxidation sites excluding steroid dienone is 1. The van der Waals surface area contributed by atoms with Gasteiger partial charge in [-0.05, 0) is 26.6 Å². The molecule has 1 N–H and O–H groups in total. The molecule has 0 aliphatic carbocycles. The summed E-state index contributed by atoms with van der Waals surface area (Å²) in [5.41, 5.74) is 0. The highest BCUT2D eigenvalue weighted by Crippen LogP contribution is 1.90. The first-order chi connectivity index (χ1) is 5.20. The van der Waals surface area contributed by atoms with E-state index in [-0.39, 0.29) is 0 Å². The number of hydrogen-bond acceptors (Lipinski definition) is 3. The van der Waals surface area contributed by atoms with Gasteiger partial charge in [0.15, 0.2) is 0 Å². The van der Waals surface area contributed by atoms with Gasteiger partial charge in [0.25, 0.3) is 0 Å². The van der Waals surface area contributed by atoms with E-state index in [1.807, 2.05) is 13.8 Å². The fourth-order valence-corrected chi connectivity index (χ4v) is 0.587. The lowest BCUT2D eigenvalue weighted by molar-refractivity contribution is 0.665. The normalized spacial score (nSPS) is 12.5. The molecule has 11 heavy (non-hydrogen) atoms. The molecular formula is C8H15N3. The van der Waals surface area contributed by atoms with E-state index >= 15 is 0 Å². The second-order valence-electron chi connectivity index (χ2n) is 2.42. The van der Waals surface area contributed by atoms with Crippen molar-refractivity contribution in [1.29, 1.82) is 0 Å².